The van der Waals surface area contributed by atoms with E-state index >= 15 is 0 Å². The highest BCUT2D eigenvalue weighted by atomic mass is 35.5. The second kappa shape index (κ2) is 5.65. The van der Waals surface area contributed by atoms with Gasteiger partial charge in [0.25, 0.3) is 5.24 Å². The first-order valence-corrected chi connectivity index (χ1v) is 6.58. The molecule has 0 amide bonds. The Balaban J connectivity index is 2.14. The van der Waals surface area contributed by atoms with Gasteiger partial charge in [0.2, 0.25) is 0 Å². The number of rotatable bonds is 3. The van der Waals surface area contributed by atoms with E-state index in [1.807, 2.05) is 18.2 Å². The van der Waals surface area contributed by atoms with E-state index in [9.17, 15) is 4.79 Å². The number of likely N-dealkylation sites (tertiary alicyclic amines) is 1. The van der Waals surface area contributed by atoms with Crippen LogP contribution < -0.4 is 0 Å². The quantitative estimate of drug-likeness (QED) is 0.767. The van der Waals surface area contributed by atoms with Crippen LogP contribution in [0.5, 0.6) is 0 Å². The number of nitrogens with zero attached hydrogens (tertiary/aromatic N) is 1. The number of halogens is 1. The number of carbonyl (C=O) groups is 1. The Morgan fingerprint density at radius 1 is 1.41 bits per heavy atom. The molecule has 2 rings (SSSR count). The van der Waals surface area contributed by atoms with E-state index in [4.69, 9.17) is 11.6 Å². The van der Waals surface area contributed by atoms with Gasteiger partial charge in [0, 0.05) is 18.2 Å². The largest absolute Gasteiger partial charge is 0.296 e. The molecule has 92 valence electrons. The molecule has 1 aromatic rings. The summed E-state index contributed by atoms with van der Waals surface area (Å²) in [7, 11) is 0. The van der Waals surface area contributed by atoms with Gasteiger partial charge in [-0.15, -0.1) is 0 Å². The minimum absolute atomic E-state index is 0.356. The first-order chi connectivity index (χ1) is 8.18. The molecule has 2 nitrogen and oxygen atoms in total. The summed E-state index contributed by atoms with van der Waals surface area (Å²) in [5, 5.41) is -0.356. The SMILES string of the molecule is CC1CCCCN1Cc1ccccc1C(=O)Cl. The third-order valence-corrected chi connectivity index (χ3v) is 3.75. The second-order valence-electron chi connectivity index (χ2n) is 4.75. The molecule has 0 aliphatic carbocycles. The van der Waals surface area contributed by atoms with Gasteiger partial charge in [0.05, 0.1) is 0 Å². The van der Waals surface area contributed by atoms with Gasteiger partial charge in [0.15, 0.2) is 0 Å². The standard InChI is InChI=1S/C14H18ClNO/c1-11-6-4-5-9-16(11)10-12-7-2-3-8-13(12)14(15)17/h2-3,7-8,11H,4-6,9-10H2,1H3. The summed E-state index contributed by atoms with van der Waals surface area (Å²) in [4.78, 5) is 13.8. The topological polar surface area (TPSA) is 20.3 Å². The van der Waals surface area contributed by atoms with Gasteiger partial charge in [-0.2, -0.15) is 0 Å². The predicted octanol–water partition coefficient (Wildman–Crippen LogP) is 3.44. The lowest BCUT2D eigenvalue weighted by Crippen LogP contribution is -2.37. The van der Waals surface area contributed by atoms with Crippen molar-refractivity contribution in [2.45, 2.75) is 38.8 Å². The molecule has 1 aliphatic heterocycles. The van der Waals surface area contributed by atoms with Crippen molar-refractivity contribution in [1.82, 2.24) is 4.90 Å². The molecule has 1 unspecified atom stereocenters. The molecular formula is C14H18ClNO. The normalized spacial score (nSPS) is 21.4. The van der Waals surface area contributed by atoms with Gasteiger partial charge in [0.1, 0.15) is 0 Å². The molecule has 1 aliphatic rings. The molecule has 1 atom stereocenters. The molecule has 1 aromatic carbocycles. The maximum absolute atomic E-state index is 11.3. The summed E-state index contributed by atoms with van der Waals surface area (Å²) in [5.41, 5.74) is 1.69. The van der Waals surface area contributed by atoms with Crippen molar-refractivity contribution in [2.24, 2.45) is 0 Å². The van der Waals surface area contributed by atoms with E-state index in [2.05, 4.69) is 11.8 Å². The molecule has 1 fully saturated rings. The molecule has 0 aromatic heterocycles. The number of hydrogen-bond donors (Lipinski definition) is 0. The van der Waals surface area contributed by atoms with Crippen LogP contribution >= 0.6 is 11.6 Å². The third kappa shape index (κ3) is 3.08. The average molecular weight is 252 g/mol. The van der Waals surface area contributed by atoms with Crippen molar-refractivity contribution in [2.75, 3.05) is 6.54 Å². The predicted molar refractivity (Wildman–Crippen MR) is 70.3 cm³/mol. The number of piperidine rings is 1. The molecule has 0 radical (unpaired) electrons. The minimum Gasteiger partial charge on any atom is -0.296 e. The summed E-state index contributed by atoms with van der Waals surface area (Å²) in [6, 6.07) is 8.23. The van der Waals surface area contributed by atoms with Crippen LogP contribution in [-0.2, 0) is 6.54 Å². The highest BCUT2D eigenvalue weighted by Crippen LogP contribution is 2.21. The molecular weight excluding hydrogens is 234 g/mol. The van der Waals surface area contributed by atoms with E-state index in [1.54, 1.807) is 6.07 Å². The molecule has 1 saturated heterocycles. The van der Waals surface area contributed by atoms with E-state index in [0.717, 1.165) is 18.7 Å². The molecule has 0 saturated carbocycles. The molecule has 3 heteroatoms. The Kier molecular flexibility index (Phi) is 4.19. The van der Waals surface area contributed by atoms with Crippen molar-refractivity contribution in [3.8, 4) is 0 Å². The molecule has 0 bridgehead atoms. The fourth-order valence-corrected chi connectivity index (χ4v) is 2.65. The van der Waals surface area contributed by atoms with Crippen LogP contribution in [0, 0.1) is 0 Å². The van der Waals surface area contributed by atoms with Gasteiger partial charge in [-0.3, -0.25) is 9.69 Å². The van der Waals surface area contributed by atoms with E-state index < -0.39 is 0 Å². The van der Waals surface area contributed by atoms with E-state index in [-0.39, 0.29) is 5.24 Å². The summed E-state index contributed by atoms with van der Waals surface area (Å²) >= 11 is 5.60. The van der Waals surface area contributed by atoms with Crippen LogP contribution in [0.1, 0.15) is 42.1 Å². The Morgan fingerprint density at radius 3 is 2.88 bits per heavy atom. The highest BCUT2D eigenvalue weighted by molar-refractivity contribution is 6.67. The molecule has 0 N–H and O–H groups in total. The van der Waals surface area contributed by atoms with Gasteiger partial charge >= 0.3 is 0 Å². The smallest absolute Gasteiger partial charge is 0.252 e. The van der Waals surface area contributed by atoms with Crippen LogP contribution in [0.4, 0.5) is 0 Å². The van der Waals surface area contributed by atoms with Crippen LogP contribution in [0.2, 0.25) is 0 Å². The lowest BCUT2D eigenvalue weighted by atomic mass is 10.0. The van der Waals surface area contributed by atoms with Gasteiger partial charge < -0.3 is 0 Å². The average Bonchev–Trinajstić information content (AvgIpc) is 2.32. The second-order valence-corrected chi connectivity index (χ2v) is 5.09. The maximum Gasteiger partial charge on any atom is 0.252 e. The van der Waals surface area contributed by atoms with Crippen LogP contribution in [0.25, 0.3) is 0 Å². The molecule has 0 spiro atoms. The lowest BCUT2D eigenvalue weighted by Gasteiger charge is -2.33. The zero-order valence-electron chi connectivity index (χ0n) is 10.2. The van der Waals surface area contributed by atoms with Crippen molar-refractivity contribution < 1.29 is 4.79 Å². The Bertz CT molecular complexity index is 405. The van der Waals surface area contributed by atoms with E-state index in [0.29, 0.717) is 11.6 Å². The number of benzene rings is 1. The maximum atomic E-state index is 11.3. The van der Waals surface area contributed by atoms with Crippen molar-refractivity contribution >= 4 is 16.8 Å². The Labute approximate surface area is 108 Å². The Hall–Kier alpha value is -0.860. The van der Waals surface area contributed by atoms with Gasteiger partial charge in [-0.1, -0.05) is 24.6 Å². The van der Waals surface area contributed by atoms with E-state index in [1.165, 1.54) is 19.3 Å². The minimum atomic E-state index is -0.356. The number of carbonyl (C=O) groups excluding carboxylic acids is 1. The van der Waals surface area contributed by atoms with Crippen LogP contribution in [0.3, 0.4) is 0 Å². The van der Waals surface area contributed by atoms with Crippen molar-refractivity contribution in [3.63, 3.8) is 0 Å². The van der Waals surface area contributed by atoms with Crippen molar-refractivity contribution in [3.05, 3.63) is 35.4 Å². The monoisotopic (exact) mass is 251 g/mol. The molecule has 1 heterocycles. The zero-order valence-corrected chi connectivity index (χ0v) is 10.9. The number of hydrogen-bond acceptors (Lipinski definition) is 2. The lowest BCUT2D eigenvalue weighted by molar-refractivity contribution is 0.107. The first-order valence-electron chi connectivity index (χ1n) is 6.20. The van der Waals surface area contributed by atoms with Crippen LogP contribution in [-0.4, -0.2) is 22.7 Å². The highest BCUT2D eigenvalue weighted by Gasteiger charge is 2.19. The zero-order chi connectivity index (χ0) is 12.3. The third-order valence-electron chi connectivity index (χ3n) is 3.54. The fourth-order valence-electron chi connectivity index (χ4n) is 2.46. The summed E-state index contributed by atoms with van der Waals surface area (Å²) in [5.74, 6) is 0. The van der Waals surface area contributed by atoms with Gasteiger partial charge in [-0.05, 0) is 49.5 Å². The summed E-state index contributed by atoms with van der Waals surface area (Å²) in [6.07, 6.45) is 3.81. The summed E-state index contributed by atoms with van der Waals surface area (Å²) in [6.45, 7) is 4.20. The fraction of sp³-hybridized carbons (Fsp3) is 0.500. The Morgan fingerprint density at radius 2 is 2.18 bits per heavy atom. The van der Waals surface area contributed by atoms with Crippen LogP contribution in [0.15, 0.2) is 24.3 Å². The van der Waals surface area contributed by atoms with Gasteiger partial charge in [-0.25, -0.2) is 0 Å². The summed E-state index contributed by atoms with van der Waals surface area (Å²) < 4.78 is 0. The first kappa shape index (κ1) is 12.6. The van der Waals surface area contributed by atoms with Crippen molar-refractivity contribution in [1.29, 1.82) is 0 Å². The molecule has 17 heavy (non-hydrogen) atoms.